The zero-order valence-electron chi connectivity index (χ0n) is 31.7. The number of carbonyl (C=O) groups is 3. The molecule has 0 radical (unpaired) electrons. The summed E-state index contributed by atoms with van der Waals surface area (Å²) in [6.45, 7) is 7.39. The minimum absolute atomic E-state index is 0.154. The summed E-state index contributed by atoms with van der Waals surface area (Å²) in [4.78, 5) is 57.4. The Labute approximate surface area is 322 Å². The number of nitroso groups, excluding NO2 is 1. The number of amides is 3. The van der Waals surface area contributed by atoms with Gasteiger partial charge in [-0.2, -0.15) is 5.10 Å². The van der Waals surface area contributed by atoms with E-state index in [0.717, 1.165) is 36.8 Å². The SMILES string of the molecule is CCCCN(CCCC)C(=O)c1cc(C)n(-c2ccc(NC(=O)c3ccccc3Cc3ccccc3N=O)cc2C(=O)N2Cc3ccccc3C[C@H]2CO)n1. The van der Waals surface area contributed by atoms with E-state index in [4.69, 9.17) is 5.10 Å². The van der Waals surface area contributed by atoms with Crippen LogP contribution < -0.4 is 5.32 Å². The first kappa shape index (κ1) is 38.8. The van der Waals surface area contributed by atoms with Gasteiger partial charge in [0, 0.05) is 43.0 Å². The Balaban J connectivity index is 1.37. The van der Waals surface area contributed by atoms with Gasteiger partial charge in [0.1, 0.15) is 5.69 Å². The lowest BCUT2D eigenvalue weighted by molar-refractivity contribution is 0.0544. The van der Waals surface area contributed by atoms with Gasteiger partial charge in [-0.05, 0) is 90.0 Å². The largest absolute Gasteiger partial charge is 0.394 e. The van der Waals surface area contributed by atoms with E-state index in [9.17, 15) is 24.4 Å². The fraction of sp³-hybridized carbons (Fsp3) is 0.318. The molecule has 0 bridgehead atoms. The third-order valence-corrected chi connectivity index (χ3v) is 10.2. The number of unbranched alkanes of at least 4 members (excludes halogenated alkanes) is 2. The van der Waals surface area contributed by atoms with E-state index < -0.39 is 6.04 Å². The predicted octanol–water partition coefficient (Wildman–Crippen LogP) is 8.02. The third-order valence-electron chi connectivity index (χ3n) is 10.2. The van der Waals surface area contributed by atoms with Gasteiger partial charge >= 0.3 is 0 Å². The maximum atomic E-state index is 14.7. The van der Waals surface area contributed by atoms with E-state index in [-0.39, 0.29) is 29.9 Å². The van der Waals surface area contributed by atoms with Crippen LogP contribution in [0, 0.1) is 11.8 Å². The number of anilines is 1. The van der Waals surface area contributed by atoms with E-state index in [1.54, 1.807) is 58.1 Å². The quantitative estimate of drug-likeness (QED) is 0.104. The normalized spacial score (nSPS) is 13.6. The molecule has 0 saturated carbocycles. The van der Waals surface area contributed by atoms with Gasteiger partial charge in [-0.25, -0.2) is 4.68 Å². The zero-order valence-corrected chi connectivity index (χ0v) is 31.7. The maximum absolute atomic E-state index is 14.7. The summed E-state index contributed by atoms with van der Waals surface area (Å²) in [5.41, 5.74) is 6.26. The number of aliphatic hydroxyl groups excluding tert-OH is 1. The molecule has 284 valence electrons. The molecule has 2 N–H and O–H groups in total. The Morgan fingerprint density at radius 2 is 1.53 bits per heavy atom. The molecule has 5 aromatic rings. The van der Waals surface area contributed by atoms with E-state index in [0.29, 0.717) is 77.6 Å². The van der Waals surface area contributed by atoms with Crippen molar-refractivity contribution in [2.45, 2.75) is 71.9 Å². The van der Waals surface area contributed by atoms with Gasteiger partial charge in [-0.15, -0.1) is 4.91 Å². The number of hydrogen-bond donors (Lipinski definition) is 2. The fourth-order valence-electron chi connectivity index (χ4n) is 7.16. The standard InChI is InChI=1S/C44H48N6O5/c1-4-6-22-48(23-7-5-2)44(54)40-24-30(3)50(46-40)41-21-20-35(27-38(41)43(53)49-28-34-17-9-8-14-31(34)26-36(49)29-51)45-42(52)37-18-12-10-15-32(37)25-33-16-11-13-19-39(33)47-55/h8-21,24,27,36,51H,4-7,22-23,25-26,28-29H2,1-3H3,(H,45,52)/t36-/m0/s1. The lowest BCUT2D eigenvalue weighted by Crippen LogP contribution is -2.46. The van der Waals surface area contributed by atoms with Crippen LogP contribution in [0.1, 0.15) is 98.7 Å². The first-order valence-electron chi connectivity index (χ1n) is 19.1. The number of aryl methyl sites for hydroxylation is 1. The second-order valence-corrected chi connectivity index (χ2v) is 14.1. The molecule has 1 aromatic heterocycles. The number of aromatic nitrogens is 2. The molecule has 1 aliphatic heterocycles. The second-order valence-electron chi connectivity index (χ2n) is 14.1. The van der Waals surface area contributed by atoms with Crippen LogP contribution in [0.3, 0.4) is 0 Å². The van der Waals surface area contributed by atoms with Gasteiger partial charge in [0.15, 0.2) is 5.69 Å². The van der Waals surface area contributed by atoms with Crippen molar-refractivity contribution in [1.82, 2.24) is 19.6 Å². The summed E-state index contributed by atoms with van der Waals surface area (Å²) in [5.74, 6) is -0.882. The van der Waals surface area contributed by atoms with Gasteiger partial charge in [-0.3, -0.25) is 14.4 Å². The summed E-state index contributed by atoms with van der Waals surface area (Å²) < 4.78 is 1.61. The fourth-order valence-corrected chi connectivity index (χ4v) is 7.16. The molecule has 0 spiro atoms. The number of carbonyl (C=O) groups excluding carboxylic acids is 3. The van der Waals surface area contributed by atoms with Crippen molar-refractivity contribution in [2.75, 3.05) is 25.0 Å². The van der Waals surface area contributed by atoms with Crippen LogP contribution in [0.15, 0.2) is 102 Å². The van der Waals surface area contributed by atoms with Crippen LogP contribution in [-0.4, -0.2) is 68.1 Å². The molecule has 55 heavy (non-hydrogen) atoms. The summed E-state index contributed by atoms with van der Waals surface area (Å²) in [7, 11) is 0. The summed E-state index contributed by atoms with van der Waals surface area (Å²) >= 11 is 0. The number of hydrogen-bond acceptors (Lipinski definition) is 7. The van der Waals surface area contributed by atoms with Gasteiger partial charge < -0.3 is 20.2 Å². The molecule has 0 saturated heterocycles. The molecular weight excluding hydrogens is 693 g/mol. The first-order valence-corrected chi connectivity index (χ1v) is 19.1. The highest BCUT2D eigenvalue weighted by molar-refractivity contribution is 6.07. The summed E-state index contributed by atoms with van der Waals surface area (Å²) in [6, 6.07) is 28.4. The molecule has 2 heterocycles. The van der Waals surface area contributed by atoms with Crippen molar-refractivity contribution < 1.29 is 19.5 Å². The van der Waals surface area contributed by atoms with Crippen molar-refractivity contribution in [3.8, 4) is 5.69 Å². The number of nitrogens with zero attached hydrogens (tertiary/aromatic N) is 5. The van der Waals surface area contributed by atoms with Crippen LogP contribution in [0.2, 0.25) is 0 Å². The average Bonchev–Trinajstić information content (AvgIpc) is 3.61. The molecule has 0 fully saturated rings. The third kappa shape index (κ3) is 8.73. The molecule has 11 heteroatoms. The topological polar surface area (TPSA) is 137 Å². The Bertz CT molecular complexity index is 2170. The number of rotatable bonds is 15. The Morgan fingerprint density at radius 1 is 0.855 bits per heavy atom. The van der Waals surface area contributed by atoms with Gasteiger partial charge in [-0.1, -0.05) is 87.4 Å². The van der Waals surface area contributed by atoms with Gasteiger partial charge in [0.05, 0.1) is 23.9 Å². The van der Waals surface area contributed by atoms with Crippen LogP contribution in [-0.2, 0) is 19.4 Å². The van der Waals surface area contributed by atoms with Gasteiger partial charge in [0.2, 0.25) is 0 Å². The summed E-state index contributed by atoms with van der Waals surface area (Å²) in [6.07, 6.45) is 4.52. The zero-order chi connectivity index (χ0) is 38.9. The second kappa shape index (κ2) is 17.9. The number of aliphatic hydroxyl groups is 1. The molecule has 0 unspecified atom stereocenters. The highest BCUT2D eigenvalue weighted by atomic mass is 16.3. The van der Waals surface area contributed by atoms with Crippen LogP contribution in [0.4, 0.5) is 11.4 Å². The minimum Gasteiger partial charge on any atom is -0.394 e. The van der Waals surface area contributed by atoms with E-state index >= 15 is 0 Å². The van der Waals surface area contributed by atoms with Crippen molar-refractivity contribution in [1.29, 1.82) is 0 Å². The smallest absolute Gasteiger partial charge is 0.274 e. The predicted molar refractivity (Wildman–Crippen MR) is 214 cm³/mol. The van der Waals surface area contributed by atoms with E-state index in [2.05, 4.69) is 24.3 Å². The Hall–Kier alpha value is -5.94. The lowest BCUT2D eigenvalue weighted by atomic mass is 9.93. The molecule has 6 rings (SSSR count). The minimum atomic E-state index is -0.467. The molecule has 3 amide bonds. The van der Waals surface area contributed by atoms with Crippen molar-refractivity contribution in [3.05, 3.63) is 147 Å². The van der Waals surface area contributed by atoms with E-state index in [1.807, 2.05) is 60.4 Å². The van der Waals surface area contributed by atoms with Crippen molar-refractivity contribution in [2.24, 2.45) is 5.18 Å². The van der Waals surface area contributed by atoms with Crippen LogP contribution >= 0.6 is 0 Å². The van der Waals surface area contributed by atoms with Crippen LogP contribution in [0.5, 0.6) is 0 Å². The van der Waals surface area contributed by atoms with Crippen molar-refractivity contribution in [3.63, 3.8) is 0 Å². The molecule has 0 aliphatic carbocycles. The highest BCUT2D eigenvalue weighted by Crippen LogP contribution is 2.30. The van der Waals surface area contributed by atoms with Gasteiger partial charge in [0.25, 0.3) is 17.7 Å². The number of fused-ring (bicyclic) bond motifs is 1. The summed E-state index contributed by atoms with van der Waals surface area (Å²) in [5, 5.41) is 21.4. The number of benzene rings is 4. The first-order chi connectivity index (χ1) is 26.8. The molecule has 11 nitrogen and oxygen atoms in total. The molecule has 1 aliphatic rings. The van der Waals surface area contributed by atoms with Crippen molar-refractivity contribution >= 4 is 29.1 Å². The van der Waals surface area contributed by atoms with E-state index in [1.165, 1.54) is 0 Å². The number of nitrogens with one attached hydrogen (secondary N) is 1. The highest BCUT2D eigenvalue weighted by Gasteiger charge is 2.32. The Kier molecular flexibility index (Phi) is 12.6. The average molecular weight is 741 g/mol. The van der Waals surface area contributed by atoms with Crippen LogP contribution in [0.25, 0.3) is 5.69 Å². The monoisotopic (exact) mass is 740 g/mol. The Morgan fingerprint density at radius 3 is 2.24 bits per heavy atom. The molecular formula is C44H48N6O5. The maximum Gasteiger partial charge on any atom is 0.274 e. The molecule has 4 aromatic carbocycles. The lowest BCUT2D eigenvalue weighted by Gasteiger charge is -2.36. The molecule has 1 atom stereocenters.